The molecule has 0 fully saturated rings. The van der Waals surface area contributed by atoms with Gasteiger partial charge in [-0.05, 0) is 38.1 Å². The minimum atomic E-state index is -0.0534. The van der Waals surface area contributed by atoms with E-state index in [1.807, 2.05) is 32.0 Å². The van der Waals surface area contributed by atoms with Gasteiger partial charge in [-0.1, -0.05) is 15.9 Å². The predicted octanol–water partition coefficient (Wildman–Crippen LogP) is 3.68. The van der Waals surface area contributed by atoms with E-state index in [0.717, 1.165) is 15.4 Å². The second-order valence-electron chi connectivity index (χ2n) is 3.77. The third kappa shape index (κ3) is 2.36. The first-order chi connectivity index (χ1) is 8.15. The first-order valence-corrected chi connectivity index (χ1v) is 6.43. The van der Waals surface area contributed by atoms with Crippen molar-refractivity contribution in [3.8, 4) is 0 Å². The second kappa shape index (κ2) is 4.92. The van der Waals surface area contributed by atoms with Gasteiger partial charge in [-0.25, -0.2) is 0 Å². The van der Waals surface area contributed by atoms with Gasteiger partial charge in [0.25, 0.3) is 5.91 Å². The summed E-state index contributed by atoms with van der Waals surface area (Å²) in [5, 5.41) is 0.940. The molecule has 0 spiro atoms. The van der Waals surface area contributed by atoms with Crippen molar-refractivity contribution in [1.82, 2.24) is 4.90 Å². The van der Waals surface area contributed by atoms with Crippen LogP contribution < -0.4 is 0 Å². The summed E-state index contributed by atoms with van der Waals surface area (Å²) in [5.74, 6) is 0.351. The van der Waals surface area contributed by atoms with Crippen LogP contribution in [-0.2, 0) is 0 Å². The lowest BCUT2D eigenvalue weighted by molar-refractivity contribution is 0.0743. The molecule has 0 unspecified atom stereocenters. The summed E-state index contributed by atoms with van der Waals surface area (Å²) in [4.78, 5) is 13.8. The van der Waals surface area contributed by atoms with E-state index in [2.05, 4.69) is 15.9 Å². The number of carbonyl (C=O) groups excluding carboxylic acids is 1. The molecule has 17 heavy (non-hydrogen) atoms. The van der Waals surface area contributed by atoms with Gasteiger partial charge in [0, 0.05) is 22.9 Å². The van der Waals surface area contributed by atoms with Crippen LogP contribution >= 0.6 is 15.9 Å². The Morgan fingerprint density at radius 3 is 2.65 bits per heavy atom. The van der Waals surface area contributed by atoms with Crippen LogP contribution in [0.25, 0.3) is 11.0 Å². The average molecular weight is 296 g/mol. The van der Waals surface area contributed by atoms with Crippen LogP contribution in [0.3, 0.4) is 0 Å². The zero-order chi connectivity index (χ0) is 12.4. The summed E-state index contributed by atoms with van der Waals surface area (Å²) >= 11 is 3.40. The fraction of sp³-hybridized carbons (Fsp3) is 0.308. The standard InChI is InChI=1S/C13H14BrNO2/c1-3-15(4-2)13(16)12-8-9-7-10(14)5-6-11(9)17-12/h5-8H,3-4H2,1-2H3. The van der Waals surface area contributed by atoms with Crippen LogP contribution in [0, 0.1) is 0 Å². The highest BCUT2D eigenvalue weighted by Crippen LogP contribution is 2.24. The van der Waals surface area contributed by atoms with E-state index in [1.54, 1.807) is 11.0 Å². The lowest BCUT2D eigenvalue weighted by Gasteiger charge is -2.16. The molecular weight excluding hydrogens is 282 g/mol. The molecule has 0 N–H and O–H groups in total. The van der Waals surface area contributed by atoms with Crippen molar-refractivity contribution in [3.05, 3.63) is 34.5 Å². The summed E-state index contributed by atoms with van der Waals surface area (Å²) in [7, 11) is 0. The molecule has 4 heteroatoms. The summed E-state index contributed by atoms with van der Waals surface area (Å²) < 4.78 is 6.54. The third-order valence-electron chi connectivity index (χ3n) is 2.74. The van der Waals surface area contributed by atoms with E-state index in [-0.39, 0.29) is 5.91 Å². The van der Waals surface area contributed by atoms with Crippen molar-refractivity contribution in [3.63, 3.8) is 0 Å². The molecule has 2 aromatic rings. The Balaban J connectivity index is 2.39. The molecule has 0 saturated carbocycles. The molecule has 0 bridgehead atoms. The predicted molar refractivity (Wildman–Crippen MR) is 71.2 cm³/mol. The van der Waals surface area contributed by atoms with E-state index >= 15 is 0 Å². The topological polar surface area (TPSA) is 33.5 Å². The molecule has 0 radical (unpaired) electrons. The van der Waals surface area contributed by atoms with Crippen molar-refractivity contribution < 1.29 is 9.21 Å². The van der Waals surface area contributed by atoms with E-state index in [9.17, 15) is 4.79 Å². The number of rotatable bonds is 3. The number of carbonyl (C=O) groups is 1. The third-order valence-corrected chi connectivity index (χ3v) is 3.23. The van der Waals surface area contributed by atoms with Crippen molar-refractivity contribution in [2.45, 2.75) is 13.8 Å². The van der Waals surface area contributed by atoms with Gasteiger partial charge in [0.2, 0.25) is 0 Å². The number of hydrogen-bond donors (Lipinski definition) is 0. The second-order valence-corrected chi connectivity index (χ2v) is 4.69. The first kappa shape index (κ1) is 12.2. The number of hydrogen-bond acceptors (Lipinski definition) is 2. The average Bonchev–Trinajstić information content (AvgIpc) is 2.73. The van der Waals surface area contributed by atoms with Gasteiger partial charge in [0.05, 0.1) is 0 Å². The minimum absolute atomic E-state index is 0.0534. The first-order valence-electron chi connectivity index (χ1n) is 5.64. The number of fused-ring (bicyclic) bond motifs is 1. The van der Waals surface area contributed by atoms with Gasteiger partial charge in [0.15, 0.2) is 5.76 Å². The lowest BCUT2D eigenvalue weighted by Crippen LogP contribution is -2.30. The number of halogens is 1. The van der Waals surface area contributed by atoms with Crippen LogP contribution in [0.5, 0.6) is 0 Å². The molecule has 0 atom stereocenters. The van der Waals surface area contributed by atoms with Gasteiger partial charge in [-0.3, -0.25) is 4.79 Å². The molecule has 1 aromatic heterocycles. The van der Waals surface area contributed by atoms with E-state index in [0.29, 0.717) is 18.8 Å². The van der Waals surface area contributed by atoms with E-state index in [1.165, 1.54) is 0 Å². The zero-order valence-electron chi connectivity index (χ0n) is 9.87. The molecular formula is C13H14BrNO2. The van der Waals surface area contributed by atoms with Crippen LogP contribution in [-0.4, -0.2) is 23.9 Å². The Hall–Kier alpha value is -1.29. The van der Waals surface area contributed by atoms with Crippen molar-refractivity contribution in [1.29, 1.82) is 0 Å². The number of benzene rings is 1. The molecule has 0 aliphatic rings. The zero-order valence-corrected chi connectivity index (χ0v) is 11.5. The Labute approximate surface area is 109 Å². The Morgan fingerprint density at radius 1 is 1.29 bits per heavy atom. The monoisotopic (exact) mass is 295 g/mol. The largest absolute Gasteiger partial charge is 0.451 e. The summed E-state index contributed by atoms with van der Waals surface area (Å²) in [6.07, 6.45) is 0. The maximum absolute atomic E-state index is 12.1. The summed E-state index contributed by atoms with van der Waals surface area (Å²) in [6.45, 7) is 5.30. The van der Waals surface area contributed by atoms with Gasteiger partial charge in [-0.15, -0.1) is 0 Å². The number of amides is 1. The molecule has 1 amide bonds. The molecule has 0 aliphatic heterocycles. The van der Waals surface area contributed by atoms with Gasteiger partial charge in [0.1, 0.15) is 5.58 Å². The maximum atomic E-state index is 12.1. The van der Waals surface area contributed by atoms with Crippen molar-refractivity contribution in [2.75, 3.05) is 13.1 Å². The van der Waals surface area contributed by atoms with E-state index < -0.39 is 0 Å². The quantitative estimate of drug-likeness (QED) is 0.865. The van der Waals surface area contributed by atoms with Gasteiger partial charge in [-0.2, -0.15) is 0 Å². The minimum Gasteiger partial charge on any atom is -0.451 e. The molecule has 0 aliphatic carbocycles. The fourth-order valence-corrected chi connectivity index (χ4v) is 2.17. The van der Waals surface area contributed by atoms with E-state index in [4.69, 9.17) is 4.42 Å². The normalized spacial score (nSPS) is 10.8. The molecule has 0 saturated heterocycles. The Bertz CT molecular complexity index is 543. The lowest BCUT2D eigenvalue weighted by atomic mass is 10.2. The molecule has 1 aromatic carbocycles. The summed E-state index contributed by atoms with van der Waals surface area (Å²) in [6, 6.07) is 7.49. The molecule has 2 rings (SSSR count). The maximum Gasteiger partial charge on any atom is 0.289 e. The van der Waals surface area contributed by atoms with Gasteiger partial charge >= 0.3 is 0 Å². The molecule has 90 valence electrons. The highest BCUT2D eigenvalue weighted by Gasteiger charge is 2.17. The van der Waals surface area contributed by atoms with Crippen LogP contribution in [0.1, 0.15) is 24.4 Å². The fourth-order valence-electron chi connectivity index (χ4n) is 1.79. The summed E-state index contributed by atoms with van der Waals surface area (Å²) in [5.41, 5.74) is 0.740. The smallest absolute Gasteiger partial charge is 0.289 e. The van der Waals surface area contributed by atoms with Crippen molar-refractivity contribution in [2.24, 2.45) is 0 Å². The highest BCUT2D eigenvalue weighted by molar-refractivity contribution is 9.10. The SMILES string of the molecule is CCN(CC)C(=O)c1cc2cc(Br)ccc2o1. The molecule has 3 nitrogen and oxygen atoms in total. The van der Waals surface area contributed by atoms with Crippen LogP contribution in [0.15, 0.2) is 33.2 Å². The molecule has 1 heterocycles. The Morgan fingerprint density at radius 2 is 2.00 bits per heavy atom. The van der Waals surface area contributed by atoms with Crippen LogP contribution in [0.2, 0.25) is 0 Å². The van der Waals surface area contributed by atoms with Crippen LogP contribution in [0.4, 0.5) is 0 Å². The number of nitrogens with zero attached hydrogens (tertiary/aromatic N) is 1. The number of furan rings is 1. The van der Waals surface area contributed by atoms with Crippen molar-refractivity contribution >= 4 is 32.8 Å². The Kier molecular flexibility index (Phi) is 3.52. The highest BCUT2D eigenvalue weighted by atomic mass is 79.9. The van der Waals surface area contributed by atoms with Gasteiger partial charge < -0.3 is 9.32 Å².